The van der Waals surface area contributed by atoms with Crippen molar-refractivity contribution < 1.29 is 9.47 Å². The molecule has 0 aromatic heterocycles. The van der Waals surface area contributed by atoms with Gasteiger partial charge in [-0.1, -0.05) is 45.3 Å². The van der Waals surface area contributed by atoms with Crippen molar-refractivity contribution in [1.29, 1.82) is 0 Å². The van der Waals surface area contributed by atoms with Gasteiger partial charge in [0.1, 0.15) is 0 Å². The van der Waals surface area contributed by atoms with Crippen LogP contribution < -0.4 is 0 Å². The highest BCUT2D eigenvalue weighted by Crippen LogP contribution is 2.67. The highest BCUT2D eigenvalue weighted by atomic mass is 16.5. The Balaban J connectivity index is 1.46. The summed E-state index contributed by atoms with van der Waals surface area (Å²) >= 11 is 0. The van der Waals surface area contributed by atoms with Gasteiger partial charge < -0.3 is 9.47 Å². The molecule has 4 rings (SSSR count). The Bertz CT molecular complexity index is 710. The van der Waals surface area contributed by atoms with Gasteiger partial charge >= 0.3 is 0 Å². The minimum Gasteiger partial charge on any atom is -0.379 e. The van der Waals surface area contributed by atoms with E-state index in [-0.39, 0.29) is 11.2 Å². The first-order valence-corrected chi connectivity index (χ1v) is 13.8. The molecule has 0 radical (unpaired) electrons. The highest BCUT2D eigenvalue weighted by molar-refractivity contribution is 5.27. The van der Waals surface area contributed by atoms with Crippen LogP contribution in [-0.2, 0) is 9.47 Å². The molecule has 0 amide bonds. The van der Waals surface area contributed by atoms with Gasteiger partial charge in [-0.3, -0.25) is 0 Å². The Hall–Kier alpha value is -0.340. The van der Waals surface area contributed by atoms with Gasteiger partial charge in [0.05, 0.1) is 11.2 Å². The SMILES string of the molecule is COC(C)(C)CCC[C@@H](C)[C@H]1CC[C@H]2[C@@H]3CC=C4C[C@@](C)(OC)CC[C@]4(C)[C@H]3CC[C@]12C. The van der Waals surface area contributed by atoms with Crippen molar-refractivity contribution >= 4 is 0 Å². The first-order valence-electron chi connectivity index (χ1n) is 13.8. The molecule has 184 valence electrons. The zero-order valence-corrected chi connectivity index (χ0v) is 22.6. The molecule has 0 aromatic carbocycles. The topological polar surface area (TPSA) is 18.5 Å². The second-order valence-electron chi connectivity index (χ2n) is 13.7. The average Bonchev–Trinajstić information content (AvgIpc) is 3.11. The summed E-state index contributed by atoms with van der Waals surface area (Å²) in [6.07, 6.45) is 17.4. The fourth-order valence-corrected chi connectivity index (χ4v) is 9.09. The number of ether oxygens (including phenoxy) is 2. The van der Waals surface area contributed by atoms with Crippen molar-refractivity contribution in [2.24, 2.45) is 40.4 Å². The molecule has 4 aliphatic rings. The van der Waals surface area contributed by atoms with Crippen molar-refractivity contribution in [1.82, 2.24) is 0 Å². The third-order valence-electron chi connectivity index (χ3n) is 11.6. The summed E-state index contributed by atoms with van der Waals surface area (Å²) in [5, 5.41) is 0. The molecule has 0 aliphatic heterocycles. The van der Waals surface area contributed by atoms with Crippen molar-refractivity contribution in [2.75, 3.05) is 14.2 Å². The zero-order chi connectivity index (χ0) is 23.4. The molecule has 0 heterocycles. The van der Waals surface area contributed by atoms with Gasteiger partial charge in [-0.25, -0.2) is 0 Å². The van der Waals surface area contributed by atoms with E-state index in [0.717, 1.165) is 36.0 Å². The number of hydrogen-bond donors (Lipinski definition) is 0. The van der Waals surface area contributed by atoms with Gasteiger partial charge in [-0.15, -0.1) is 0 Å². The maximum absolute atomic E-state index is 5.95. The first-order chi connectivity index (χ1) is 15.0. The summed E-state index contributed by atoms with van der Waals surface area (Å²) in [5.74, 6) is 4.52. The van der Waals surface area contributed by atoms with Gasteiger partial charge in [0.15, 0.2) is 0 Å². The van der Waals surface area contributed by atoms with Crippen LogP contribution >= 0.6 is 0 Å². The largest absolute Gasteiger partial charge is 0.379 e. The number of rotatable bonds is 7. The van der Waals surface area contributed by atoms with Crippen LogP contribution in [0.3, 0.4) is 0 Å². The molecular formula is C30H52O2. The van der Waals surface area contributed by atoms with Crippen LogP contribution in [0.2, 0.25) is 0 Å². The minimum absolute atomic E-state index is 0.0281. The van der Waals surface area contributed by atoms with E-state index in [2.05, 4.69) is 47.6 Å². The molecule has 32 heavy (non-hydrogen) atoms. The lowest BCUT2D eigenvalue weighted by molar-refractivity contribution is -0.0807. The molecule has 3 fully saturated rings. The Labute approximate surface area is 199 Å². The first kappa shape index (κ1) is 24.8. The van der Waals surface area contributed by atoms with E-state index >= 15 is 0 Å². The van der Waals surface area contributed by atoms with Crippen LogP contribution in [0.15, 0.2) is 11.6 Å². The normalized spacial score (nSPS) is 44.9. The molecule has 0 unspecified atom stereocenters. The molecule has 3 saturated carbocycles. The maximum atomic E-state index is 5.95. The smallest absolute Gasteiger partial charge is 0.0688 e. The predicted molar refractivity (Wildman–Crippen MR) is 135 cm³/mol. The van der Waals surface area contributed by atoms with Crippen LogP contribution in [0.4, 0.5) is 0 Å². The van der Waals surface area contributed by atoms with Gasteiger partial charge in [-0.05, 0) is 119 Å². The van der Waals surface area contributed by atoms with Gasteiger partial charge in [0.25, 0.3) is 0 Å². The molecule has 2 heteroatoms. The van der Waals surface area contributed by atoms with Crippen LogP contribution in [0.1, 0.15) is 112 Å². The summed E-state index contributed by atoms with van der Waals surface area (Å²) in [4.78, 5) is 0. The van der Waals surface area contributed by atoms with E-state index in [4.69, 9.17) is 9.47 Å². The molecular weight excluding hydrogens is 392 g/mol. The van der Waals surface area contributed by atoms with Crippen molar-refractivity contribution in [3.63, 3.8) is 0 Å². The fourth-order valence-electron chi connectivity index (χ4n) is 9.09. The third kappa shape index (κ3) is 4.15. The van der Waals surface area contributed by atoms with Crippen LogP contribution in [0.5, 0.6) is 0 Å². The molecule has 0 N–H and O–H groups in total. The van der Waals surface area contributed by atoms with E-state index < -0.39 is 0 Å². The monoisotopic (exact) mass is 444 g/mol. The summed E-state index contributed by atoms with van der Waals surface area (Å²) in [7, 11) is 3.77. The van der Waals surface area contributed by atoms with E-state index in [1.54, 1.807) is 5.57 Å². The summed E-state index contributed by atoms with van der Waals surface area (Å²) in [6, 6.07) is 0. The zero-order valence-electron chi connectivity index (χ0n) is 22.6. The molecule has 4 aliphatic carbocycles. The molecule has 0 saturated heterocycles. The van der Waals surface area contributed by atoms with Gasteiger partial charge in [0.2, 0.25) is 0 Å². The molecule has 0 aromatic rings. The average molecular weight is 445 g/mol. The van der Waals surface area contributed by atoms with Crippen LogP contribution in [0, 0.1) is 40.4 Å². The Morgan fingerprint density at radius 1 is 1.03 bits per heavy atom. The summed E-state index contributed by atoms with van der Waals surface area (Å²) in [6.45, 7) is 14.7. The maximum Gasteiger partial charge on any atom is 0.0688 e. The number of methoxy groups -OCH3 is 2. The molecule has 2 nitrogen and oxygen atoms in total. The quantitative estimate of drug-likeness (QED) is 0.368. The van der Waals surface area contributed by atoms with Crippen molar-refractivity contribution in [3.8, 4) is 0 Å². The second kappa shape index (κ2) is 8.71. The number of hydrogen-bond acceptors (Lipinski definition) is 2. The standard InChI is InChI=1S/C30H52O2/c1-21(10-9-16-27(2,3)31-7)24-13-14-25-23-12-11-22-20-28(4,32-8)18-19-29(22,5)26(23)15-17-30(24,25)6/h11,21,23-26H,9-10,12-20H2,1-8H3/t21-,23+,24-,25+,26+,28+,29+,30-/m1/s1. The molecule has 0 spiro atoms. The highest BCUT2D eigenvalue weighted by Gasteiger charge is 2.59. The van der Waals surface area contributed by atoms with E-state index in [1.807, 2.05) is 14.2 Å². The lowest BCUT2D eigenvalue weighted by Crippen LogP contribution is -2.52. The van der Waals surface area contributed by atoms with Gasteiger partial charge in [-0.2, -0.15) is 0 Å². The molecule has 0 bridgehead atoms. The summed E-state index contributed by atoms with van der Waals surface area (Å²) in [5.41, 5.74) is 2.82. The molecule has 8 atom stereocenters. The number of allylic oxidation sites excluding steroid dienone is 1. The van der Waals surface area contributed by atoms with E-state index in [1.165, 1.54) is 64.2 Å². The Morgan fingerprint density at radius 3 is 2.47 bits per heavy atom. The fraction of sp³-hybridized carbons (Fsp3) is 0.933. The van der Waals surface area contributed by atoms with Crippen LogP contribution in [0.25, 0.3) is 0 Å². The van der Waals surface area contributed by atoms with E-state index in [0.29, 0.717) is 10.8 Å². The summed E-state index contributed by atoms with van der Waals surface area (Å²) < 4.78 is 11.6. The Morgan fingerprint density at radius 2 is 1.78 bits per heavy atom. The lowest BCUT2D eigenvalue weighted by atomic mass is 9.46. The lowest BCUT2D eigenvalue weighted by Gasteiger charge is -2.59. The third-order valence-corrected chi connectivity index (χ3v) is 11.6. The van der Waals surface area contributed by atoms with E-state index in [9.17, 15) is 0 Å². The van der Waals surface area contributed by atoms with Crippen molar-refractivity contribution in [3.05, 3.63) is 11.6 Å². The number of fused-ring (bicyclic) bond motifs is 5. The predicted octanol–water partition coefficient (Wildman–Crippen LogP) is 8.20. The van der Waals surface area contributed by atoms with Gasteiger partial charge in [0, 0.05) is 14.2 Å². The Kier molecular flexibility index (Phi) is 6.74. The second-order valence-corrected chi connectivity index (χ2v) is 13.7. The van der Waals surface area contributed by atoms with Crippen molar-refractivity contribution in [2.45, 2.75) is 123 Å². The minimum atomic E-state index is 0.0281. The van der Waals surface area contributed by atoms with Crippen LogP contribution in [-0.4, -0.2) is 25.4 Å².